The molecule has 0 fully saturated rings. The molecule has 2 aromatic rings. The fraction of sp³-hybridized carbons (Fsp3) is 0.368. The van der Waals surface area contributed by atoms with Crippen molar-refractivity contribution in [2.24, 2.45) is 5.92 Å². The monoisotopic (exact) mass is 369 g/mol. The molecule has 7 heteroatoms. The van der Waals surface area contributed by atoms with Crippen molar-refractivity contribution in [2.45, 2.75) is 32.6 Å². The highest BCUT2D eigenvalue weighted by Gasteiger charge is 2.35. The lowest BCUT2D eigenvalue weighted by molar-refractivity contribution is -0.116. The number of imide groups is 1. The number of aryl methyl sites for hydroxylation is 1. The zero-order valence-electron chi connectivity index (χ0n) is 14.4. The van der Waals surface area contributed by atoms with Gasteiger partial charge in [0.25, 0.3) is 11.8 Å². The third-order valence-corrected chi connectivity index (χ3v) is 5.91. The molecule has 1 aliphatic carbocycles. The smallest absolute Gasteiger partial charge is 0.261 e. The number of aromatic nitrogens is 1. The molecule has 0 bridgehead atoms. The van der Waals surface area contributed by atoms with Crippen LogP contribution in [0.2, 0.25) is 0 Å². The second-order valence-corrected chi connectivity index (χ2v) is 7.93. The standard InChI is InChI=1S/C19H19N3O3S/c1-11-6-7-14-15(10-11)26-19(20-14)21-16(23)8-9-22-17(24)12-4-2-3-5-13(12)18(22)25/h2-5,11H,6-10H2,1H3,(H,20,21,23)/t11-/m1/s1. The number of carbonyl (C=O) groups excluding carboxylic acids is 3. The molecule has 26 heavy (non-hydrogen) atoms. The van der Waals surface area contributed by atoms with E-state index in [0.29, 0.717) is 22.2 Å². The van der Waals surface area contributed by atoms with Gasteiger partial charge in [0.2, 0.25) is 5.91 Å². The van der Waals surface area contributed by atoms with Crippen molar-refractivity contribution >= 4 is 34.2 Å². The fourth-order valence-corrected chi connectivity index (χ4v) is 4.62. The summed E-state index contributed by atoms with van der Waals surface area (Å²) in [5.41, 5.74) is 1.89. The Hall–Kier alpha value is -2.54. The van der Waals surface area contributed by atoms with Crippen molar-refractivity contribution in [3.8, 4) is 0 Å². The van der Waals surface area contributed by atoms with Crippen LogP contribution in [0.1, 0.15) is 51.1 Å². The first-order chi connectivity index (χ1) is 12.5. The van der Waals surface area contributed by atoms with E-state index >= 15 is 0 Å². The topological polar surface area (TPSA) is 79.4 Å². The molecule has 2 heterocycles. The largest absolute Gasteiger partial charge is 0.302 e. The number of nitrogens with zero attached hydrogens (tertiary/aromatic N) is 2. The minimum Gasteiger partial charge on any atom is -0.302 e. The van der Waals surface area contributed by atoms with Crippen molar-refractivity contribution in [1.82, 2.24) is 9.88 Å². The Morgan fingerprint density at radius 2 is 1.96 bits per heavy atom. The van der Waals surface area contributed by atoms with E-state index in [9.17, 15) is 14.4 Å². The Balaban J connectivity index is 1.37. The summed E-state index contributed by atoms with van der Waals surface area (Å²) in [7, 11) is 0. The molecular formula is C19H19N3O3S. The van der Waals surface area contributed by atoms with Gasteiger partial charge in [0.1, 0.15) is 0 Å². The number of hydrogen-bond acceptors (Lipinski definition) is 5. The van der Waals surface area contributed by atoms with Gasteiger partial charge < -0.3 is 5.32 Å². The van der Waals surface area contributed by atoms with Gasteiger partial charge in [-0.1, -0.05) is 19.1 Å². The molecule has 1 atom stereocenters. The van der Waals surface area contributed by atoms with Crippen molar-refractivity contribution < 1.29 is 14.4 Å². The first kappa shape index (κ1) is 16.9. The van der Waals surface area contributed by atoms with Crippen LogP contribution in [0.3, 0.4) is 0 Å². The summed E-state index contributed by atoms with van der Waals surface area (Å²) in [5.74, 6) is -0.254. The molecule has 6 nitrogen and oxygen atoms in total. The Bertz CT molecular complexity index is 870. The molecule has 0 saturated carbocycles. The predicted octanol–water partition coefficient (Wildman–Crippen LogP) is 2.89. The fourth-order valence-electron chi connectivity index (χ4n) is 3.43. The highest BCUT2D eigenvalue weighted by molar-refractivity contribution is 7.15. The molecule has 2 aliphatic rings. The molecule has 1 aromatic heterocycles. The number of fused-ring (bicyclic) bond motifs is 2. The van der Waals surface area contributed by atoms with Crippen LogP contribution in [0.5, 0.6) is 0 Å². The van der Waals surface area contributed by atoms with Crippen molar-refractivity contribution in [1.29, 1.82) is 0 Å². The number of nitrogens with one attached hydrogen (secondary N) is 1. The summed E-state index contributed by atoms with van der Waals surface area (Å²) >= 11 is 1.53. The van der Waals surface area contributed by atoms with Crippen molar-refractivity contribution in [2.75, 3.05) is 11.9 Å². The maximum atomic E-state index is 12.3. The summed E-state index contributed by atoms with van der Waals surface area (Å²) < 4.78 is 0. The minimum atomic E-state index is -0.336. The van der Waals surface area contributed by atoms with E-state index in [2.05, 4.69) is 17.2 Å². The maximum absolute atomic E-state index is 12.3. The van der Waals surface area contributed by atoms with Gasteiger partial charge in [0.05, 0.1) is 16.8 Å². The number of carbonyl (C=O) groups is 3. The van der Waals surface area contributed by atoms with E-state index in [4.69, 9.17) is 0 Å². The van der Waals surface area contributed by atoms with Crippen LogP contribution in [-0.4, -0.2) is 34.2 Å². The van der Waals surface area contributed by atoms with Crippen LogP contribution >= 0.6 is 11.3 Å². The van der Waals surface area contributed by atoms with E-state index in [0.717, 1.165) is 29.9 Å². The van der Waals surface area contributed by atoms with E-state index < -0.39 is 0 Å². The maximum Gasteiger partial charge on any atom is 0.261 e. The molecule has 0 unspecified atom stereocenters. The molecule has 0 spiro atoms. The zero-order chi connectivity index (χ0) is 18.3. The summed E-state index contributed by atoms with van der Waals surface area (Å²) in [6.07, 6.45) is 3.16. The van der Waals surface area contributed by atoms with Gasteiger partial charge in [0, 0.05) is 17.8 Å². The van der Waals surface area contributed by atoms with Gasteiger partial charge in [-0.25, -0.2) is 4.98 Å². The Kier molecular flexibility index (Phi) is 4.32. The third kappa shape index (κ3) is 3.03. The zero-order valence-corrected chi connectivity index (χ0v) is 15.3. The summed E-state index contributed by atoms with van der Waals surface area (Å²) in [6.45, 7) is 2.29. The SMILES string of the molecule is C[C@@H]1CCc2nc(NC(=O)CCN3C(=O)c4ccccc4C3=O)sc2C1. The highest BCUT2D eigenvalue weighted by atomic mass is 32.1. The van der Waals surface area contributed by atoms with E-state index in [1.165, 1.54) is 16.2 Å². The minimum absolute atomic E-state index is 0.0616. The highest BCUT2D eigenvalue weighted by Crippen LogP contribution is 2.32. The number of amides is 3. The van der Waals surface area contributed by atoms with Crippen LogP contribution in [0.25, 0.3) is 0 Å². The Labute approximate surface area is 155 Å². The molecule has 3 amide bonds. The van der Waals surface area contributed by atoms with Crippen LogP contribution in [0.4, 0.5) is 5.13 Å². The first-order valence-electron chi connectivity index (χ1n) is 8.76. The molecular weight excluding hydrogens is 350 g/mol. The molecule has 0 radical (unpaired) electrons. The molecule has 4 rings (SSSR count). The summed E-state index contributed by atoms with van der Waals surface area (Å²) in [4.78, 5) is 43.7. The van der Waals surface area contributed by atoms with Crippen molar-refractivity contribution in [3.05, 3.63) is 46.0 Å². The molecule has 1 aromatic carbocycles. The predicted molar refractivity (Wildman–Crippen MR) is 98.4 cm³/mol. The summed E-state index contributed by atoms with van der Waals surface area (Å²) in [6, 6.07) is 6.73. The summed E-state index contributed by atoms with van der Waals surface area (Å²) in [5, 5.41) is 3.42. The molecule has 0 saturated heterocycles. The quantitative estimate of drug-likeness (QED) is 0.841. The second kappa shape index (κ2) is 6.64. The first-order valence-corrected chi connectivity index (χ1v) is 9.58. The number of rotatable bonds is 4. The van der Waals surface area contributed by atoms with Gasteiger partial charge >= 0.3 is 0 Å². The molecule has 134 valence electrons. The van der Waals surface area contributed by atoms with Crippen LogP contribution in [0.15, 0.2) is 24.3 Å². The van der Waals surface area contributed by atoms with E-state index in [1.54, 1.807) is 24.3 Å². The Morgan fingerprint density at radius 1 is 1.27 bits per heavy atom. The van der Waals surface area contributed by atoms with Crippen molar-refractivity contribution in [3.63, 3.8) is 0 Å². The average molecular weight is 369 g/mol. The van der Waals surface area contributed by atoms with Gasteiger partial charge in [0.15, 0.2) is 5.13 Å². The van der Waals surface area contributed by atoms with Crippen LogP contribution < -0.4 is 5.32 Å². The normalized spacial score (nSPS) is 18.7. The van der Waals surface area contributed by atoms with Gasteiger partial charge in [-0.2, -0.15) is 0 Å². The lowest BCUT2D eigenvalue weighted by atomic mass is 9.93. The number of thiazole rings is 1. The van der Waals surface area contributed by atoms with Gasteiger partial charge in [-0.3, -0.25) is 19.3 Å². The van der Waals surface area contributed by atoms with Crippen LogP contribution in [-0.2, 0) is 17.6 Å². The lowest BCUT2D eigenvalue weighted by Gasteiger charge is -2.15. The second-order valence-electron chi connectivity index (χ2n) is 6.84. The Morgan fingerprint density at radius 3 is 2.65 bits per heavy atom. The van der Waals surface area contributed by atoms with E-state index in [1.807, 2.05) is 0 Å². The number of anilines is 1. The molecule has 1 N–H and O–H groups in total. The lowest BCUT2D eigenvalue weighted by Crippen LogP contribution is -2.32. The van der Waals surface area contributed by atoms with Crippen LogP contribution in [0, 0.1) is 5.92 Å². The van der Waals surface area contributed by atoms with E-state index in [-0.39, 0.29) is 30.7 Å². The van der Waals surface area contributed by atoms with Gasteiger partial charge in [-0.05, 0) is 37.3 Å². The third-order valence-electron chi connectivity index (χ3n) is 4.87. The molecule has 1 aliphatic heterocycles. The average Bonchev–Trinajstić information content (AvgIpc) is 3.12. The number of benzene rings is 1. The number of hydrogen-bond donors (Lipinski definition) is 1. The van der Waals surface area contributed by atoms with Gasteiger partial charge in [-0.15, -0.1) is 11.3 Å².